The lowest BCUT2D eigenvalue weighted by atomic mass is 10.1. The van der Waals surface area contributed by atoms with Crippen LogP contribution in [-0.4, -0.2) is 12.6 Å². The second-order valence-electron chi connectivity index (χ2n) is 3.73. The number of carbonyl (C=O) groups excluding carboxylic acids is 2. The maximum absolute atomic E-state index is 10.6. The van der Waals surface area contributed by atoms with Gasteiger partial charge in [0.1, 0.15) is 12.6 Å². The molecule has 0 atom stereocenters. The molecule has 86 valence electrons. The summed E-state index contributed by atoms with van der Waals surface area (Å²) in [6.07, 6.45) is 1.59. The minimum Gasteiger partial charge on any atom is -0.298 e. The Morgan fingerprint density at radius 1 is 0.722 bits per heavy atom. The van der Waals surface area contributed by atoms with Crippen LogP contribution in [0.2, 0.25) is 0 Å². The second kappa shape index (κ2) is 5.60. The maximum Gasteiger partial charge on any atom is 0.150 e. The second-order valence-corrected chi connectivity index (χ2v) is 3.73. The van der Waals surface area contributed by atoms with Gasteiger partial charge in [-0.1, -0.05) is 36.1 Å². The molecule has 0 radical (unpaired) electrons. The Bertz CT molecular complexity index is 628. The van der Waals surface area contributed by atoms with E-state index in [4.69, 9.17) is 0 Å². The smallest absolute Gasteiger partial charge is 0.150 e. The lowest BCUT2D eigenvalue weighted by molar-refractivity contribution is 0.111. The number of hydrogen-bond acceptors (Lipinski definition) is 2. The molecule has 0 heterocycles. The molecule has 0 unspecified atom stereocenters. The van der Waals surface area contributed by atoms with Crippen LogP contribution in [0.3, 0.4) is 0 Å². The van der Waals surface area contributed by atoms with Gasteiger partial charge in [0.2, 0.25) is 0 Å². The van der Waals surface area contributed by atoms with Gasteiger partial charge in [-0.15, -0.1) is 0 Å². The minimum atomic E-state index is 0.609. The third-order valence-corrected chi connectivity index (χ3v) is 2.42. The Hall–Kier alpha value is -2.66. The van der Waals surface area contributed by atoms with Crippen LogP contribution in [0.15, 0.2) is 48.5 Å². The van der Waals surface area contributed by atoms with E-state index in [9.17, 15) is 9.59 Å². The lowest BCUT2D eigenvalue weighted by Gasteiger charge is -1.93. The van der Waals surface area contributed by atoms with Crippen LogP contribution < -0.4 is 0 Å². The summed E-state index contributed by atoms with van der Waals surface area (Å²) in [5.74, 6) is 5.96. The normalized spacial score (nSPS) is 9.11. The molecule has 2 nitrogen and oxygen atoms in total. The molecular formula is C16H10O2. The maximum atomic E-state index is 10.6. The summed E-state index contributed by atoms with van der Waals surface area (Å²) in [4.78, 5) is 21.1. The van der Waals surface area contributed by atoms with Gasteiger partial charge in [0.05, 0.1) is 0 Å². The highest BCUT2D eigenvalue weighted by Gasteiger charge is 1.92. The van der Waals surface area contributed by atoms with Crippen molar-refractivity contribution in [2.45, 2.75) is 0 Å². The van der Waals surface area contributed by atoms with Crippen LogP contribution in [0.4, 0.5) is 0 Å². The zero-order chi connectivity index (χ0) is 12.8. The third kappa shape index (κ3) is 2.93. The van der Waals surface area contributed by atoms with E-state index in [-0.39, 0.29) is 0 Å². The van der Waals surface area contributed by atoms with Crippen LogP contribution in [0.1, 0.15) is 31.8 Å². The monoisotopic (exact) mass is 234 g/mol. The SMILES string of the molecule is O=Cc1ccc(C#Cc2cccc(C=O)c2)cc1. The highest BCUT2D eigenvalue weighted by Crippen LogP contribution is 2.04. The van der Waals surface area contributed by atoms with Crippen LogP contribution in [0.25, 0.3) is 0 Å². The zero-order valence-corrected chi connectivity index (χ0v) is 9.59. The zero-order valence-electron chi connectivity index (χ0n) is 9.59. The molecule has 0 spiro atoms. The first-order chi connectivity index (χ1) is 8.81. The molecule has 2 aromatic carbocycles. The van der Waals surface area contributed by atoms with Gasteiger partial charge in [-0.2, -0.15) is 0 Å². The lowest BCUT2D eigenvalue weighted by Crippen LogP contribution is -1.82. The molecule has 0 saturated carbocycles. The first-order valence-corrected chi connectivity index (χ1v) is 5.44. The van der Waals surface area contributed by atoms with Gasteiger partial charge in [0.25, 0.3) is 0 Å². The fourth-order valence-electron chi connectivity index (χ4n) is 1.48. The fourth-order valence-corrected chi connectivity index (χ4v) is 1.48. The van der Waals surface area contributed by atoms with E-state index in [2.05, 4.69) is 11.8 Å². The van der Waals surface area contributed by atoms with E-state index in [1.165, 1.54) is 0 Å². The van der Waals surface area contributed by atoms with E-state index < -0.39 is 0 Å². The molecule has 0 bridgehead atoms. The highest BCUT2D eigenvalue weighted by molar-refractivity contribution is 5.76. The van der Waals surface area contributed by atoms with E-state index >= 15 is 0 Å². The van der Waals surface area contributed by atoms with Gasteiger partial charge in [-0.3, -0.25) is 9.59 Å². The van der Waals surface area contributed by atoms with Gasteiger partial charge in [0, 0.05) is 22.3 Å². The van der Waals surface area contributed by atoms with Gasteiger partial charge >= 0.3 is 0 Å². The molecule has 0 aliphatic heterocycles. The molecule has 2 heteroatoms. The molecule has 0 aliphatic rings. The molecular weight excluding hydrogens is 224 g/mol. The summed E-state index contributed by atoms with van der Waals surface area (Å²) < 4.78 is 0. The van der Waals surface area contributed by atoms with Crippen molar-refractivity contribution in [2.75, 3.05) is 0 Å². The van der Waals surface area contributed by atoms with E-state index in [0.717, 1.165) is 23.7 Å². The molecule has 0 aromatic heterocycles. The van der Waals surface area contributed by atoms with Crippen molar-refractivity contribution in [2.24, 2.45) is 0 Å². The summed E-state index contributed by atoms with van der Waals surface area (Å²) in [5, 5.41) is 0. The Morgan fingerprint density at radius 2 is 1.39 bits per heavy atom. The summed E-state index contributed by atoms with van der Waals surface area (Å²) in [6.45, 7) is 0. The summed E-state index contributed by atoms with van der Waals surface area (Å²) in [5.41, 5.74) is 2.86. The van der Waals surface area contributed by atoms with Gasteiger partial charge in [-0.05, 0) is 24.3 Å². The summed E-state index contributed by atoms with van der Waals surface area (Å²) in [6, 6.07) is 14.1. The van der Waals surface area contributed by atoms with Crippen molar-refractivity contribution in [3.8, 4) is 11.8 Å². The Labute approximate surface area is 105 Å². The number of benzene rings is 2. The van der Waals surface area contributed by atoms with E-state index in [0.29, 0.717) is 11.1 Å². The third-order valence-electron chi connectivity index (χ3n) is 2.42. The first-order valence-electron chi connectivity index (χ1n) is 5.44. The largest absolute Gasteiger partial charge is 0.298 e. The summed E-state index contributed by atoms with van der Waals surface area (Å²) in [7, 11) is 0. The number of carbonyl (C=O) groups is 2. The minimum absolute atomic E-state index is 0.609. The average Bonchev–Trinajstić information content (AvgIpc) is 2.46. The number of aldehydes is 2. The van der Waals surface area contributed by atoms with Crippen molar-refractivity contribution < 1.29 is 9.59 Å². The Morgan fingerprint density at radius 3 is 2.06 bits per heavy atom. The number of hydrogen-bond donors (Lipinski definition) is 0. The van der Waals surface area contributed by atoms with Crippen LogP contribution in [-0.2, 0) is 0 Å². The van der Waals surface area contributed by atoms with E-state index in [1.807, 2.05) is 6.07 Å². The Balaban J connectivity index is 2.24. The average molecular weight is 234 g/mol. The summed E-state index contributed by atoms with van der Waals surface area (Å²) >= 11 is 0. The van der Waals surface area contributed by atoms with Crippen molar-refractivity contribution in [3.05, 3.63) is 70.8 Å². The quantitative estimate of drug-likeness (QED) is 0.591. The van der Waals surface area contributed by atoms with Crippen molar-refractivity contribution in [1.29, 1.82) is 0 Å². The number of rotatable bonds is 2. The molecule has 2 aromatic rings. The topological polar surface area (TPSA) is 34.1 Å². The molecule has 0 saturated heterocycles. The molecule has 18 heavy (non-hydrogen) atoms. The van der Waals surface area contributed by atoms with Crippen molar-refractivity contribution >= 4 is 12.6 Å². The molecule has 0 fully saturated rings. The van der Waals surface area contributed by atoms with Gasteiger partial charge in [0.15, 0.2) is 0 Å². The molecule has 0 amide bonds. The highest BCUT2D eigenvalue weighted by atomic mass is 16.1. The Kier molecular flexibility index (Phi) is 3.68. The van der Waals surface area contributed by atoms with Gasteiger partial charge in [-0.25, -0.2) is 0 Å². The molecule has 2 rings (SSSR count). The molecule has 0 aliphatic carbocycles. The standard InChI is InChI=1S/C16H10O2/c17-11-15-8-5-13(6-9-15)4-7-14-2-1-3-16(10-14)12-18/h1-3,5-6,8-12H. The predicted octanol–water partition coefficient (Wildman–Crippen LogP) is 2.71. The van der Waals surface area contributed by atoms with Crippen LogP contribution in [0.5, 0.6) is 0 Å². The van der Waals surface area contributed by atoms with Crippen LogP contribution in [0, 0.1) is 11.8 Å². The van der Waals surface area contributed by atoms with Gasteiger partial charge < -0.3 is 0 Å². The molecule has 0 N–H and O–H groups in total. The first kappa shape index (κ1) is 11.8. The fraction of sp³-hybridized carbons (Fsp3) is 0. The predicted molar refractivity (Wildman–Crippen MR) is 69.6 cm³/mol. The van der Waals surface area contributed by atoms with Crippen molar-refractivity contribution in [3.63, 3.8) is 0 Å². The van der Waals surface area contributed by atoms with E-state index in [1.54, 1.807) is 42.5 Å². The van der Waals surface area contributed by atoms with Crippen LogP contribution >= 0.6 is 0 Å². The van der Waals surface area contributed by atoms with Crippen molar-refractivity contribution in [1.82, 2.24) is 0 Å².